The Morgan fingerprint density at radius 2 is 2.00 bits per heavy atom. The summed E-state index contributed by atoms with van der Waals surface area (Å²) in [5.41, 5.74) is 0. The number of carboxylic acid groups (broad SMARTS) is 1. The smallest absolute Gasteiger partial charge is 0.364 e. The zero-order valence-electron chi connectivity index (χ0n) is 11.2. The van der Waals surface area contributed by atoms with Crippen molar-refractivity contribution in [2.24, 2.45) is 0 Å². The molecule has 0 aromatic heterocycles. The summed E-state index contributed by atoms with van der Waals surface area (Å²) in [4.78, 5) is 22.1. The molecule has 0 aliphatic carbocycles. The van der Waals surface area contributed by atoms with E-state index < -0.39 is 61.1 Å². The van der Waals surface area contributed by atoms with E-state index in [-0.39, 0.29) is 0 Å². The van der Waals surface area contributed by atoms with Crippen LogP contribution >= 0.6 is 0 Å². The predicted octanol–water partition coefficient (Wildman–Crippen LogP) is -3.87. The molecule has 0 saturated carbocycles. The van der Waals surface area contributed by atoms with E-state index >= 15 is 0 Å². The highest BCUT2D eigenvalue weighted by Gasteiger charge is 2.53. The molecule has 0 radical (unpaired) electrons. The van der Waals surface area contributed by atoms with E-state index in [2.05, 4.69) is 5.32 Å². The standard InChI is InChI=1S/C11H19NO9/c1-4(14)12-7-5(15)2-11(20,10(18)19)21-9(7)8(17)6(16)3-13/h5-9,13,15-17,20H,2-3H2,1H3,(H,12,14)(H,18,19)/t5-,6+,7+,8+,9+,11?/m0/s1/i2+1,11+1. The first-order valence-electron chi connectivity index (χ1n) is 6.18. The minimum absolute atomic E-state index is 0.598. The van der Waals surface area contributed by atoms with Gasteiger partial charge in [0, 0.05) is 13.3 Å². The highest BCUT2D eigenvalue weighted by atomic mass is 16.8. The largest absolute Gasteiger partial charge is 0.477 e. The number of carboxylic acids is 1. The molecule has 10 heteroatoms. The van der Waals surface area contributed by atoms with Crippen molar-refractivity contribution in [3.05, 3.63) is 0 Å². The van der Waals surface area contributed by atoms with Crippen molar-refractivity contribution in [1.82, 2.24) is 5.32 Å². The SMILES string of the molecule is CC(=O)N[C@H]1[C@H]([C@H](O)[C@H](O)CO)O[13C](O)(C(=O)O)[13CH2][C@@H]1O. The molecule has 6 atom stereocenters. The van der Waals surface area contributed by atoms with Crippen molar-refractivity contribution >= 4 is 11.9 Å². The van der Waals surface area contributed by atoms with Crippen molar-refractivity contribution in [3.8, 4) is 0 Å². The van der Waals surface area contributed by atoms with Gasteiger partial charge in [-0.05, 0) is 0 Å². The molecule has 1 rings (SSSR count). The second-order valence-electron chi connectivity index (χ2n) is 4.91. The molecule has 1 fully saturated rings. The second kappa shape index (κ2) is 6.64. The van der Waals surface area contributed by atoms with Crippen LogP contribution in [0, 0.1) is 0 Å². The molecule has 1 heterocycles. The normalized spacial score (nSPS) is 35.8. The van der Waals surface area contributed by atoms with Crippen molar-refractivity contribution in [2.45, 2.75) is 49.6 Å². The highest BCUT2D eigenvalue weighted by molar-refractivity contribution is 5.76. The summed E-state index contributed by atoms with van der Waals surface area (Å²) in [5, 5.41) is 59.0. The number of rotatable bonds is 5. The summed E-state index contributed by atoms with van der Waals surface area (Å²) in [6.07, 6.45) is -7.48. The van der Waals surface area contributed by atoms with Crippen LogP contribution in [0.25, 0.3) is 0 Å². The molecular weight excluding hydrogens is 292 g/mol. The number of hydrogen-bond acceptors (Lipinski definition) is 8. The number of ether oxygens (including phenoxy) is 1. The van der Waals surface area contributed by atoms with E-state index in [0.29, 0.717) is 0 Å². The number of carbonyl (C=O) groups excluding carboxylic acids is 1. The van der Waals surface area contributed by atoms with E-state index in [4.69, 9.17) is 14.9 Å². The van der Waals surface area contributed by atoms with Crippen LogP contribution in [0.2, 0.25) is 0 Å². The molecule has 21 heavy (non-hydrogen) atoms. The van der Waals surface area contributed by atoms with Crippen LogP contribution in [0.5, 0.6) is 0 Å². The number of nitrogens with one attached hydrogen (secondary N) is 1. The fourth-order valence-electron chi connectivity index (χ4n) is 2.14. The van der Waals surface area contributed by atoms with Crippen LogP contribution in [-0.4, -0.2) is 85.4 Å². The van der Waals surface area contributed by atoms with Crippen LogP contribution in [-0.2, 0) is 14.3 Å². The van der Waals surface area contributed by atoms with Crippen LogP contribution in [0.1, 0.15) is 13.3 Å². The lowest BCUT2D eigenvalue weighted by Gasteiger charge is -2.44. The van der Waals surface area contributed by atoms with Gasteiger partial charge < -0.3 is 40.7 Å². The maximum atomic E-state index is 11.1. The Morgan fingerprint density at radius 1 is 1.43 bits per heavy atom. The third kappa shape index (κ3) is 3.87. The molecule has 0 aromatic carbocycles. The van der Waals surface area contributed by atoms with Crippen LogP contribution in [0.4, 0.5) is 0 Å². The van der Waals surface area contributed by atoms with Crippen molar-refractivity contribution < 1.29 is 45.0 Å². The maximum Gasteiger partial charge on any atom is 0.364 e. The van der Waals surface area contributed by atoms with Gasteiger partial charge in [-0.2, -0.15) is 0 Å². The van der Waals surface area contributed by atoms with E-state index in [0.717, 1.165) is 6.92 Å². The van der Waals surface area contributed by atoms with Gasteiger partial charge in [0.15, 0.2) is 0 Å². The third-order valence-corrected chi connectivity index (χ3v) is 3.21. The summed E-state index contributed by atoms with van der Waals surface area (Å²) in [6, 6.07) is -1.27. The molecule has 1 unspecified atom stereocenters. The first-order chi connectivity index (χ1) is 9.62. The zero-order chi connectivity index (χ0) is 16.4. The Hall–Kier alpha value is -1.30. The fraction of sp³-hybridized carbons (Fsp3) is 0.818. The van der Waals surface area contributed by atoms with Gasteiger partial charge in [-0.1, -0.05) is 0 Å². The third-order valence-electron chi connectivity index (χ3n) is 3.21. The molecule has 0 aromatic rings. The molecule has 122 valence electrons. The lowest BCUT2D eigenvalue weighted by Crippen LogP contribution is -2.67. The number of aliphatic carboxylic acids is 1. The molecule has 1 aliphatic rings. The number of aliphatic hydroxyl groups excluding tert-OH is 4. The van der Waals surface area contributed by atoms with Gasteiger partial charge in [0.2, 0.25) is 5.91 Å². The van der Waals surface area contributed by atoms with Crippen molar-refractivity contribution in [2.75, 3.05) is 6.61 Å². The van der Waals surface area contributed by atoms with E-state index in [1.807, 2.05) is 0 Å². The molecule has 0 spiro atoms. The average molecular weight is 311 g/mol. The number of hydrogen-bond donors (Lipinski definition) is 7. The fourth-order valence-corrected chi connectivity index (χ4v) is 2.14. The number of carbonyl (C=O) groups is 2. The minimum Gasteiger partial charge on any atom is -0.477 e. The predicted molar refractivity (Wildman–Crippen MR) is 64.8 cm³/mol. The molecule has 1 saturated heterocycles. The topological polar surface area (TPSA) is 177 Å². The second-order valence-corrected chi connectivity index (χ2v) is 4.91. The Morgan fingerprint density at radius 3 is 2.43 bits per heavy atom. The number of aliphatic hydroxyl groups is 5. The van der Waals surface area contributed by atoms with Crippen molar-refractivity contribution in [3.63, 3.8) is 0 Å². The lowest BCUT2D eigenvalue weighted by molar-refractivity contribution is -0.295. The number of amides is 1. The van der Waals surface area contributed by atoms with Gasteiger partial charge in [-0.25, -0.2) is 4.79 Å². The quantitative estimate of drug-likeness (QED) is 0.250. The monoisotopic (exact) mass is 311 g/mol. The van der Waals surface area contributed by atoms with Gasteiger partial charge in [0.25, 0.3) is 5.79 Å². The van der Waals surface area contributed by atoms with Crippen LogP contribution in [0.3, 0.4) is 0 Å². The van der Waals surface area contributed by atoms with E-state index in [9.17, 15) is 30.0 Å². The lowest BCUT2D eigenvalue weighted by atomic mass is 9.97. The average Bonchev–Trinajstić information content (AvgIpc) is 2.39. The Balaban J connectivity index is 3.07. The van der Waals surface area contributed by atoms with Crippen molar-refractivity contribution in [1.29, 1.82) is 0 Å². The summed E-state index contributed by atoms with van der Waals surface area (Å²) in [7, 11) is 0. The van der Waals surface area contributed by atoms with Gasteiger partial charge in [0.1, 0.15) is 18.3 Å². The minimum atomic E-state index is -2.78. The molecular formula is C11H19NO9. The summed E-state index contributed by atoms with van der Waals surface area (Å²) < 4.78 is 4.86. The van der Waals surface area contributed by atoms with Crippen LogP contribution < -0.4 is 5.32 Å². The van der Waals surface area contributed by atoms with E-state index in [1.165, 1.54) is 0 Å². The zero-order valence-corrected chi connectivity index (χ0v) is 11.2. The van der Waals surface area contributed by atoms with Gasteiger partial charge in [-0.3, -0.25) is 4.79 Å². The Labute approximate surface area is 119 Å². The first-order valence-corrected chi connectivity index (χ1v) is 6.18. The van der Waals surface area contributed by atoms with Gasteiger partial charge in [-0.15, -0.1) is 0 Å². The molecule has 7 N–H and O–H groups in total. The maximum absolute atomic E-state index is 11.1. The van der Waals surface area contributed by atoms with Crippen LogP contribution in [0.15, 0.2) is 0 Å². The Bertz CT molecular complexity index is 403. The highest BCUT2D eigenvalue weighted by Crippen LogP contribution is 2.30. The molecule has 1 amide bonds. The molecule has 10 nitrogen and oxygen atoms in total. The summed E-state index contributed by atoms with van der Waals surface area (Å²) in [5.74, 6) is -5.17. The summed E-state index contributed by atoms with van der Waals surface area (Å²) in [6.45, 7) is 0.256. The van der Waals surface area contributed by atoms with E-state index in [1.54, 1.807) is 0 Å². The van der Waals surface area contributed by atoms with Gasteiger partial charge in [0.05, 0.1) is 18.8 Å². The first kappa shape index (κ1) is 17.8. The van der Waals surface area contributed by atoms with Gasteiger partial charge >= 0.3 is 5.97 Å². The summed E-state index contributed by atoms with van der Waals surface area (Å²) >= 11 is 0. The molecule has 1 aliphatic heterocycles. The Kier molecular flexibility index (Phi) is 5.61. The molecule has 0 bridgehead atoms.